The lowest BCUT2D eigenvalue weighted by atomic mass is 10.1. The van der Waals surface area contributed by atoms with Crippen LogP contribution in [0.15, 0.2) is 42.5 Å². The van der Waals surface area contributed by atoms with Gasteiger partial charge >= 0.3 is 0 Å². The maximum Gasteiger partial charge on any atom is 0.109 e. The number of benzene rings is 2. The van der Waals surface area contributed by atoms with Crippen molar-refractivity contribution < 1.29 is 0 Å². The minimum atomic E-state index is 0.478. The van der Waals surface area contributed by atoms with Gasteiger partial charge < -0.3 is 10.3 Å². The first-order chi connectivity index (χ1) is 10.3. The SMILES string of the molecule is CCc1nc2cc(N)ccc2n1C1Cc2ccccc2C1. The number of fused-ring (bicyclic) bond motifs is 2. The van der Waals surface area contributed by atoms with Gasteiger partial charge in [0.05, 0.1) is 11.0 Å². The van der Waals surface area contributed by atoms with Crippen LogP contribution in [0.5, 0.6) is 0 Å². The molecule has 1 aliphatic carbocycles. The zero-order chi connectivity index (χ0) is 14.4. The number of anilines is 1. The lowest BCUT2D eigenvalue weighted by Crippen LogP contribution is -2.12. The van der Waals surface area contributed by atoms with E-state index in [9.17, 15) is 0 Å². The number of hydrogen-bond acceptors (Lipinski definition) is 2. The Kier molecular flexibility index (Phi) is 2.74. The third kappa shape index (κ3) is 1.92. The molecule has 1 aromatic heterocycles. The number of nitrogens with two attached hydrogens (primary N) is 1. The van der Waals surface area contributed by atoms with Crippen LogP contribution in [0.3, 0.4) is 0 Å². The predicted octanol–water partition coefficient (Wildman–Crippen LogP) is 3.52. The van der Waals surface area contributed by atoms with Crippen molar-refractivity contribution in [2.45, 2.75) is 32.2 Å². The van der Waals surface area contributed by atoms with Gasteiger partial charge in [-0.05, 0) is 42.2 Å². The summed E-state index contributed by atoms with van der Waals surface area (Å²) in [6, 6.07) is 15.3. The van der Waals surface area contributed by atoms with E-state index in [1.807, 2.05) is 12.1 Å². The molecule has 0 amide bonds. The molecule has 0 atom stereocenters. The average molecular weight is 277 g/mol. The van der Waals surface area contributed by atoms with Crippen molar-refractivity contribution >= 4 is 16.7 Å². The highest BCUT2D eigenvalue weighted by molar-refractivity contribution is 5.80. The van der Waals surface area contributed by atoms with Gasteiger partial charge in [0.2, 0.25) is 0 Å². The second kappa shape index (κ2) is 4.62. The Morgan fingerprint density at radius 2 is 1.86 bits per heavy atom. The lowest BCUT2D eigenvalue weighted by molar-refractivity contribution is 0.522. The van der Waals surface area contributed by atoms with Gasteiger partial charge in [-0.1, -0.05) is 31.2 Å². The van der Waals surface area contributed by atoms with Crippen LogP contribution < -0.4 is 5.73 Å². The Bertz CT molecular complexity index is 791. The first kappa shape index (κ1) is 12.5. The van der Waals surface area contributed by atoms with Crippen LogP contribution in [-0.2, 0) is 19.3 Å². The molecule has 0 saturated heterocycles. The van der Waals surface area contributed by atoms with E-state index in [1.165, 1.54) is 16.6 Å². The van der Waals surface area contributed by atoms with E-state index in [2.05, 4.69) is 41.8 Å². The third-order valence-corrected chi connectivity index (χ3v) is 4.50. The Labute approximate surface area is 124 Å². The minimum absolute atomic E-state index is 0.478. The normalized spacial score (nSPS) is 14.7. The fourth-order valence-corrected chi connectivity index (χ4v) is 3.54. The molecule has 4 rings (SSSR count). The van der Waals surface area contributed by atoms with Crippen LogP contribution in [0, 0.1) is 0 Å². The molecule has 0 fully saturated rings. The second-order valence-corrected chi connectivity index (χ2v) is 5.83. The topological polar surface area (TPSA) is 43.8 Å². The zero-order valence-electron chi connectivity index (χ0n) is 12.2. The highest BCUT2D eigenvalue weighted by atomic mass is 15.1. The summed E-state index contributed by atoms with van der Waals surface area (Å²) in [5, 5.41) is 0. The molecule has 0 unspecified atom stereocenters. The third-order valence-electron chi connectivity index (χ3n) is 4.50. The second-order valence-electron chi connectivity index (χ2n) is 5.83. The molecular formula is C18H19N3. The molecule has 1 heterocycles. The lowest BCUT2D eigenvalue weighted by Gasteiger charge is -2.16. The number of aromatic nitrogens is 2. The highest BCUT2D eigenvalue weighted by Gasteiger charge is 2.25. The molecule has 106 valence electrons. The summed E-state index contributed by atoms with van der Waals surface area (Å²) in [5.74, 6) is 1.16. The molecule has 0 saturated carbocycles. The Morgan fingerprint density at radius 1 is 1.14 bits per heavy atom. The van der Waals surface area contributed by atoms with E-state index >= 15 is 0 Å². The summed E-state index contributed by atoms with van der Waals surface area (Å²) in [6.07, 6.45) is 3.14. The Hall–Kier alpha value is -2.29. The van der Waals surface area contributed by atoms with Crippen LogP contribution in [0.25, 0.3) is 11.0 Å². The van der Waals surface area contributed by atoms with E-state index < -0.39 is 0 Å². The van der Waals surface area contributed by atoms with Crippen molar-refractivity contribution in [2.24, 2.45) is 0 Å². The molecule has 3 aromatic rings. The van der Waals surface area contributed by atoms with Crippen LogP contribution in [0.2, 0.25) is 0 Å². The number of aryl methyl sites for hydroxylation is 1. The summed E-state index contributed by atoms with van der Waals surface area (Å²) >= 11 is 0. The first-order valence-electron chi connectivity index (χ1n) is 7.59. The molecule has 1 aliphatic rings. The zero-order valence-corrected chi connectivity index (χ0v) is 12.2. The van der Waals surface area contributed by atoms with Gasteiger partial charge in [0.25, 0.3) is 0 Å². The fraction of sp³-hybridized carbons (Fsp3) is 0.278. The van der Waals surface area contributed by atoms with Crippen LogP contribution in [0.4, 0.5) is 5.69 Å². The first-order valence-corrected chi connectivity index (χ1v) is 7.59. The molecule has 21 heavy (non-hydrogen) atoms. The Morgan fingerprint density at radius 3 is 2.52 bits per heavy atom. The van der Waals surface area contributed by atoms with Crippen LogP contribution in [-0.4, -0.2) is 9.55 Å². The minimum Gasteiger partial charge on any atom is -0.399 e. The maximum atomic E-state index is 5.90. The highest BCUT2D eigenvalue weighted by Crippen LogP contribution is 2.34. The average Bonchev–Trinajstić information content (AvgIpc) is 3.06. The van der Waals surface area contributed by atoms with Gasteiger partial charge in [-0.3, -0.25) is 0 Å². The van der Waals surface area contributed by atoms with E-state index in [4.69, 9.17) is 10.7 Å². The van der Waals surface area contributed by atoms with E-state index in [1.54, 1.807) is 0 Å². The molecule has 0 bridgehead atoms. The van der Waals surface area contributed by atoms with Crippen LogP contribution >= 0.6 is 0 Å². The maximum absolute atomic E-state index is 5.90. The van der Waals surface area contributed by atoms with Crippen molar-refractivity contribution in [3.63, 3.8) is 0 Å². The van der Waals surface area contributed by atoms with Gasteiger partial charge in [0.1, 0.15) is 5.82 Å². The van der Waals surface area contributed by atoms with Gasteiger partial charge in [-0.25, -0.2) is 4.98 Å². The summed E-state index contributed by atoms with van der Waals surface area (Å²) in [5.41, 5.74) is 11.9. The molecule has 3 heteroatoms. The van der Waals surface area contributed by atoms with Crippen molar-refractivity contribution in [2.75, 3.05) is 5.73 Å². The number of hydrogen-bond donors (Lipinski definition) is 1. The molecule has 0 radical (unpaired) electrons. The smallest absolute Gasteiger partial charge is 0.109 e. The molecular weight excluding hydrogens is 258 g/mol. The molecule has 0 aliphatic heterocycles. The molecule has 0 spiro atoms. The molecule has 2 N–H and O–H groups in total. The fourth-order valence-electron chi connectivity index (χ4n) is 3.54. The van der Waals surface area contributed by atoms with Crippen molar-refractivity contribution in [1.82, 2.24) is 9.55 Å². The molecule has 3 nitrogen and oxygen atoms in total. The quantitative estimate of drug-likeness (QED) is 0.728. The summed E-state index contributed by atoms with van der Waals surface area (Å²) < 4.78 is 2.43. The number of nitrogens with zero attached hydrogens (tertiary/aromatic N) is 2. The summed E-state index contributed by atoms with van der Waals surface area (Å²) in [6.45, 7) is 2.17. The number of rotatable bonds is 2. The standard InChI is InChI=1S/C18H19N3/c1-2-18-20-16-11-14(19)7-8-17(16)21(18)15-9-12-5-3-4-6-13(12)10-15/h3-8,11,15H,2,9-10,19H2,1H3. The van der Waals surface area contributed by atoms with Crippen LogP contribution in [0.1, 0.15) is 29.9 Å². The number of imidazole rings is 1. The Balaban J connectivity index is 1.84. The van der Waals surface area contributed by atoms with E-state index in [0.717, 1.165) is 36.3 Å². The van der Waals surface area contributed by atoms with E-state index in [0.29, 0.717) is 6.04 Å². The number of nitrogen functional groups attached to an aromatic ring is 1. The summed E-state index contributed by atoms with van der Waals surface area (Å²) in [7, 11) is 0. The van der Waals surface area contributed by atoms with Gasteiger partial charge in [-0.2, -0.15) is 0 Å². The summed E-state index contributed by atoms with van der Waals surface area (Å²) in [4.78, 5) is 4.78. The van der Waals surface area contributed by atoms with Crippen molar-refractivity contribution in [1.29, 1.82) is 0 Å². The molecule has 2 aromatic carbocycles. The monoisotopic (exact) mass is 277 g/mol. The predicted molar refractivity (Wildman–Crippen MR) is 86.4 cm³/mol. The van der Waals surface area contributed by atoms with Gasteiger partial charge in [0, 0.05) is 18.2 Å². The van der Waals surface area contributed by atoms with Gasteiger partial charge in [-0.15, -0.1) is 0 Å². The van der Waals surface area contributed by atoms with Crippen molar-refractivity contribution in [3.8, 4) is 0 Å². The van der Waals surface area contributed by atoms with E-state index in [-0.39, 0.29) is 0 Å². The van der Waals surface area contributed by atoms with Crippen molar-refractivity contribution in [3.05, 3.63) is 59.4 Å². The largest absolute Gasteiger partial charge is 0.399 e. The van der Waals surface area contributed by atoms with Gasteiger partial charge in [0.15, 0.2) is 0 Å².